The van der Waals surface area contributed by atoms with Crippen LogP contribution in [-0.4, -0.2) is 65.8 Å². The lowest BCUT2D eigenvalue weighted by molar-refractivity contribution is -0.144. The number of hydrogen-bond acceptors (Lipinski definition) is 5. The molecule has 7 nitrogen and oxygen atoms in total. The first-order valence-electron chi connectivity index (χ1n) is 13.0. The third kappa shape index (κ3) is 6.44. The maximum absolute atomic E-state index is 13.4. The van der Waals surface area contributed by atoms with Crippen molar-refractivity contribution in [1.29, 1.82) is 0 Å². The van der Waals surface area contributed by atoms with Crippen molar-refractivity contribution in [3.05, 3.63) is 23.8 Å². The summed E-state index contributed by atoms with van der Waals surface area (Å²) in [7, 11) is 0. The number of carboxylic acids is 1. The molecule has 2 aliphatic heterocycles. The van der Waals surface area contributed by atoms with Gasteiger partial charge in [-0.3, -0.25) is 14.5 Å². The predicted molar refractivity (Wildman–Crippen MR) is 132 cm³/mol. The Morgan fingerprint density at radius 3 is 2.41 bits per heavy atom. The Morgan fingerprint density at radius 1 is 1.12 bits per heavy atom. The van der Waals surface area contributed by atoms with Gasteiger partial charge < -0.3 is 19.5 Å². The molecule has 3 atom stereocenters. The second-order valence-corrected chi connectivity index (χ2v) is 10.1. The van der Waals surface area contributed by atoms with Crippen LogP contribution in [0.4, 0.5) is 0 Å². The fourth-order valence-corrected chi connectivity index (χ4v) is 5.17. The number of benzene rings is 1. The molecular formula is C27H42N2O5. The van der Waals surface area contributed by atoms with Gasteiger partial charge in [-0.15, -0.1) is 0 Å². The quantitative estimate of drug-likeness (QED) is 0.445. The molecule has 0 aliphatic carbocycles. The summed E-state index contributed by atoms with van der Waals surface area (Å²) < 4.78 is 11.0. The summed E-state index contributed by atoms with van der Waals surface area (Å²) in [6.07, 6.45) is 5.77. The first-order valence-corrected chi connectivity index (χ1v) is 13.0. The summed E-state index contributed by atoms with van der Waals surface area (Å²) in [5.74, 6) is 0.400. The molecule has 190 valence electrons. The molecule has 3 rings (SSSR count). The third-order valence-corrected chi connectivity index (χ3v) is 7.15. The van der Waals surface area contributed by atoms with Gasteiger partial charge in [0.1, 0.15) is 0 Å². The summed E-state index contributed by atoms with van der Waals surface area (Å²) in [4.78, 5) is 30.0. The van der Waals surface area contributed by atoms with E-state index in [0.717, 1.165) is 57.2 Å². The molecule has 0 saturated carbocycles. The smallest absolute Gasteiger partial charge is 0.308 e. The van der Waals surface area contributed by atoms with Gasteiger partial charge in [0.2, 0.25) is 12.7 Å². The molecule has 7 heteroatoms. The van der Waals surface area contributed by atoms with Crippen molar-refractivity contribution < 1.29 is 24.2 Å². The number of aliphatic carboxylic acids is 1. The molecule has 1 amide bonds. The van der Waals surface area contributed by atoms with E-state index in [1.54, 1.807) is 0 Å². The Morgan fingerprint density at radius 2 is 1.79 bits per heavy atom. The van der Waals surface area contributed by atoms with Crippen molar-refractivity contribution in [3.8, 4) is 11.5 Å². The summed E-state index contributed by atoms with van der Waals surface area (Å²) in [5, 5.41) is 10.3. The van der Waals surface area contributed by atoms with Crippen molar-refractivity contribution in [2.75, 3.05) is 33.0 Å². The number of unbranched alkanes of at least 4 members (excludes halogenated alkanes) is 2. The van der Waals surface area contributed by atoms with Gasteiger partial charge in [-0.1, -0.05) is 46.6 Å². The van der Waals surface area contributed by atoms with Gasteiger partial charge in [0.25, 0.3) is 0 Å². The van der Waals surface area contributed by atoms with E-state index >= 15 is 0 Å². The second kappa shape index (κ2) is 12.4. The standard InChI is InChI=1S/C27H42N2O5/c1-5-7-13-28(14-8-6-2)25(30)17-29-16-21(20-10-12-23-24(15-20)34-18-33-23)26(27(31)32)22(29)11-9-19(3)4/h10,12,15,19,21-22,26H,5-9,11,13-14,16-18H2,1-4H3,(H,31,32)/t21-,22+,26-/m1/s1. The number of rotatable bonds is 13. The number of likely N-dealkylation sites (tertiary alicyclic amines) is 1. The number of fused-ring (bicyclic) bond motifs is 1. The molecule has 0 unspecified atom stereocenters. The molecule has 0 aromatic heterocycles. The minimum Gasteiger partial charge on any atom is -0.481 e. The van der Waals surface area contributed by atoms with Gasteiger partial charge in [-0.05, 0) is 49.3 Å². The monoisotopic (exact) mass is 474 g/mol. The van der Waals surface area contributed by atoms with E-state index in [-0.39, 0.29) is 31.2 Å². The number of ether oxygens (including phenoxy) is 2. The first-order chi connectivity index (χ1) is 16.3. The minimum atomic E-state index is -0.791. The maximum Gasteiger partial charge on any atom is 0.308 e. The average Bonchev–Trinajstić information content (AvgIpc) is 3.41. The van der Waals surface area contributed by atoms with Crippen LogP contribution in [0.3, 0.4) is 0 Å². The van der Waals surface area contributed by atoms with Crippen LogP contribution in [0.5, 0.6) is 11.5 Å². The van der Waals surface area contributed by atoms with Gasteiger partial charge in [0.05, 0.1) is 12.5 Å². The highest BCUT2D eigenvalue weighted by Crippen LogP contribution is 2.43. The zero-order valence-corrected chi connectivity index (χ0v) is 21.3. The number of nitrogens with zero attached hydrogens (tertiary/aromatic N) is 2. The Bertz CT molecular complexity index is 819. The highest BCUT2D eigenvalue weighted by molar-refractivity contribution is 5.79. The van der Waals surface area contributed by atoms with Crippen molar-refractivity contribution in [2.24, 2.45) is 11.8 Å². The van der Waals surface area contributed by atoms with Gasteiger partial charge in [0.15, 0.2) is 11.5 Å². The number of carbonyl (C=O) groups excluding carboxylic acids is 1. The van der Waals surface area contributed by atoms with Crippen LogP contribution in [0, 0.1) is 11.8 Å². The van der Waals surface area contributed by atoms with Gasteiger partial charge >= 0.3 is 5.97 Å². The summed E-state index contributed by atoms with van der Waals surface area (Å²) >= 11 is 0. The number of amides is 1. The van der Waals surface area contributed by atoms with E-state index in [4.69, 9.17) is 9.47 Å². The third-order valence-electron chi connectivity index (χ3n) is 7.15. The molecule has 0 spiro atoms. The normalized spacial score (nSPS) is 21.9. The summed E-state index contributed by atoms with van der Waals surface area (Å²) in [6.45, 7) is 11.2. The van der Waals surface area contributed by atoms with E-state index in [9.17, 15) is 14.7 Å². The maximum atomic E-state index is 13.4. The molecule has 2 heterocycles. The lowest BCUT2D eigenvalue weighted by Gasteiger charge is -2.30. The fraction of sp³-hybridized carbons (Fsp3) is 0.704. The molecule has 2 aliphatic rings. The zero-order valence-electron chi connectivity index (χ0n) is 21.3. The van der Waals surface area contributed by atoms with E-state index < -0.39 is 11.9 Å². The van der Waals surface area contributed by atoms with E-state index in [1.807, 2.05) is 23.1 Å². The first kappa shape index (κ1) is 26.3. The van der Waals surface area contributed by atoms with E-state index in [0.29, 0.717) is 24.0 Å². The molecule has 1 saturated heterocycles. The average molecular weight is 475 g/mol. The minimum absolute atomic E-state index is 0.118. The number of hydrogen-bond donors (Lipinski definition) is 1. The van der Waals surface area contributed by atoms with Crippen LogP contribution in [0.1, 0.15) is 77.7 Å². The zero-order chi connectivity index (χ0) is 24.7. The highest BCUT2D eigenvalue weighted by Gasteiger charge is 2.47. The topological polar surface area (TPSA) is 79.3 Å². The van der Waals surface area contributed by atoms with Crippen molar-refractivity contribution in [1.82, 2.24) is 9.80 Å². The lowest BCUT2D eigenvalue weighted by atomic mass is 9.83. The summed E-state index contributed by atoms with van der Waals surface area (Å²) in [6, 6.07) is 5.57. The molecular weight excluding hydrogens is 432 g/mol. The SMILES string of the molecule is CCCCN(CCCC)C(=O)CN1C[C@H](c2ccc3c(c2)OCO3)[C@@H](C(=O)O)[C@@H]1CCC(C)C. The van der Waals surface area contributed by atoms with Gasteiger partial charge in [0, 0.05) is 31.6 Å². The lowest BCUT2D eigenvalue weighted by Crippen LogP contribution is -2.44. The van der Waals surface area contributed by atoms with Crippen LogP contribution in [0.2, 0.25) is 0 Å². The van der Waals surface area contributed by atoms with Gasteiger partial charge in [-0.25, -0.2) is 0 Å². The molecule has 1 aromatic rings. The van der Waals surface area contributed by atoms with E-state index in [1.165, 1.54) is 0 Å². The van der Waals surface area contributed by atoms with Crippen molar-refractivity contribution in [2.45, 2.75) is 78.2 Å². The molecule has 1 N–H and O–H groups in total. The van der Waals surface area contributed by atoms with Gasteiger partial charge in [-0.2, -0.15) is 0 Å². The molecule has 0 bridgehead atoms. The second-order valence-electron chi connectivity index (χ2n) is 10.1. The highest BCUT2D eigenvalue weighted by atomic mass is 16.7. The molecule has 1 fully saturated rings. The largest absolute Gasteiger partial charge is 0.481 e. The van der Waals surface area contributed by atoms with Crippen LogP contribution < -0.4 is 9.47 Å². The number of carboxylic acid groups (broad SMARTS) is 1. The fourth-order valence-electron chi connectivity index (χ4n) is 5.17. The van der Waals surface area contributed by atoms with Crippen molar-refractivity contribution >= 4 is 11.9 Å². The van der Waals surface area contributed by atoms with Crippen LogP contribution in [0.15, 0.2) is 18.2 Å². The van der Waals surface area contributed by atoms with Crippen LogP contribution >= 0.6 is 0 Å². The Labute approximate surface area is 204 Å². The predicted octanol–water partition coefficient (Wildman–Crippen LogP) is 4.75. The Balaban J connectivity index is 1.84. The van der Waals surface area contributed by atoms with Crippen LogP contribution in [-0.2, 0) is 9.59 Å². The molecule has 1 aromatic carbocycles. The number of carbonyl (C=O) groups is 2. The Hall–Kier alpha value is -2.28. The van der Waals surface area contributed by atoms with Crippen molar-refractivity contribution in [3.63, 3.8) is 0 Å². The Kier molecular flexibility index (Phi) is 9.63. The molecule has 34 heavy (non-hydrogen) atoms. The molecule has 0 radical (unpaired) electrons. The van der Waals surface area contributed by atoms with Crippen LogP contribution in [0.25, 0.3) is 0 Å². The van der Waals surface area contributed by atoms with E-state index in [2.05, 4.69) is 32.6 Å². The summed E-state index contributed by atoms with van der Waals surface area (Å²) in [5.41, 5.74) is 0.940.